The number of aromatic amines is 1. The van der Waals surface area contributed by atoms with Crippen LogP contribution in [0.4, 0.5) is 17.1 Å². The number of anilines is 1. The lowest BCUT2D eigenvalue weighted by atomic mass is 10.1. The van der Waals surface area contributed by atoms with E-state index in [1.807, 2.05) is 18.7 Å². The van der Waals surface area contributed by atoms with Crippen molar-refractivity contribution in [3.8, 4) is 0 Å². The zero-order valence-corrected chi connectivity index (χ0v) is 13.4. The second-order valence-electron chi connectivity index (χ2n) is 5.87. The van der Waals surface area contributed by atoms with Gasteiger partial charge in [0, 0.05) is 18.3 Å². The molecule has 1 aliphatic heterocycles. The van der Waals surface area contributed by atoms with Crippen LogP contribution >= 0.6 is 0 Å². The molecule has 9 nitrogen and oxygen atoms in total. The van der Waals surface area contributed by atoms with E-state index in [2.05, 4.69) is 9.97 Å². The number of hydrogen-bond acceptors (Lipinski definition) is 6. The van der Waals surface area contributed by atoms with Crippen molar-refractivity contribution in [2.45, 2.75) is 32.7 Å². The second-order valence-corrected chi connectivity index (χ2v) is 5.87. The van der Waals surface area contributed by atoms with Crippen LogP contribution in [0, 0.1) is 34.1 Å². The molecule has 1 aliphatic rings. The van der Waals surface area contributed by atoms with E-state index in [0.717, 1.165) is 36.1 Å². The fourth-order valence-electron chi connectivity index (χ4n) is 3.09. The minimum atomic E-state index is -0.627. The van der Waals surface area contributed by atoms with Gasteiger partial charge in [0.2, 0.25) is 0 Å². The molecule has 0 bridgehead atoms. The summed E-state index contributed by atoms with van der Waals surface area (Å²) in [5, 5.41) is 22.3. The maximum Gasteiger partial charge on any atom is 0.299 e. The van der Waals surface area contributed by atoms with E-state index in [1.54, 1.807) is 0 Å². The summed E-state index contributed by atoms with van der Waals surface area (Å²) in [5.41, 5.74) is 1.71. The molecule has 0 saturated carbocycles. The second kappa shape index (κ2) is 5.91. The number of nitro benzene ring substituents is 2. The van der Waals surface area contributed by atoms with Gasteiger partial charge in [0.05, 0.1) is 27.6 Å². The van der Waals surface area contributed by atoms with E-state index in [0.29, 0.717) is 12.2 Å². The molecule has 9 heteroatoms. The molecule has 1 unspecified atom stereocenters. The summed E-state index contributed by atoms with van der Waals surface area (Å²) >= 11 is 0. The van der Waals surface area contributed by atoms with Gasteiger partial charge in [-0.15, -0.1) is 0 Å². The predicted octanol–water partition coefficient (Wildman–Crippen LogP) is 3.18. The van der Waals surface area contributed by atoms with Crippen molar-refractivity contribution in [2.75, 3.05) is 11.4 Å². The van der Waals surface area contributed by atoms with E-state index in [4.69, 9.17) is 0 Å². The Morgan fingerprint density at radius 1 is 1.25 bits per heavy atom. The fourth-order valence-corrected chi connectivity index (χ4v) is 3.09. The number of rotatable bonds is 4. The molecular weight excluding hydrogens is 314 g/mol. The lowest BCUT2D eigenvalue weighted by molar-refractivity contribution is -0.393. The Labute approximate surface area is 137 Å². The number of imidazole rings is 1. The fraction of sp³-hybridized carbons (Fsp3) is 0.400. The Morgan fingerprint density at radius 3 is 2.58 bits per heavy atom. The van der Waals surface area contributed by atoms with Crippen LogP contribution in [-0.2, 0) is 0 Å². The highest BCUT2D eigenvalue weighted by atomic mass is 16.6. The lowest BCUT2D eigenvalue weighted by Gasteiger charge is -2.25. The van der Waals surface area contributed by atoms with Gasteiger partial charge >= 0.3 is 0 Å². The SMILES string of the molecule is Cc1nc(C2CCCN2c2ccc([N+](=O)[O-])cc2[N+](=O)[O-])[nH]c1C. The smallest absolute Gasteiger partial charge is 0.299 e. The molecule has 1 fully saturated rings. The van der Waals surface area contributed by atoms with E-state index in [9.17, 15) is 20.2 Å². The normalized spacial score (nSPS) is 17.2. The van der Waals surface area contributed by atoms with Crippen molar-refractivity contribution < 1.29 is 9.85 Å². The van der Waals surface area contributed by atoms with Gasteiger partial charge < -0.3 is 9.88 Å². The molecule has 1 aromatic heterocycles. The van der Waals surface area contributed by atoms with Gasteiger partial charge in [-0.25, -0.2) is 4.98 Å². The van der Waals surface area contributed by atoms with Crippen molar-refractivity contribution in [2.24, 2.45) is 0 Å². The summed E-state index contributed by atoms with van der Waals surface area (Å²) in [6, 6.07) is 3.68. The Bertz CT molecular complexity index is 797. The van der Waals surface area contributed by atoms with Crippen molar-refractivity contribution >= 4 is 17.1 Å². The molecule has 0 amide bonds. The number of benzene rings is 1. The van der Waals surface area contributed by atoms with E-state index in [1.165, 1.54) is 12.1 Å². The summed E-state index contributed by atoms with van der Waals surface area (Å²) in [5.74, 6) is 0.773. The van der Waals surface area contributed by atoms with Gasteiger partial charge in [-0.1, -0.05) is 0 Å². The predicted molar refractivity (Wildman–Crippen MR) is 87.1 cm³/mol. The number of nitrogens with one attached hydrogen (secondary N) is 1. The first-order chi connectivity index (χ1) is 11.4. The quantitative estimate of drug-likeness (QED) is 0.679. The van der Waals surface area contributed by atoms with Gasteiger partial charge in [0.1, 0.15) is 11.5 Å². The van der Waals surface area contributed by atoms with Crippen molar-refractivity contribution in [3.05, 3.63) is 55.6 Å². The Morgan fingerprint density at radius 2 is 2.00 bits per heavy atom. The van der Waals surface area contributed by atoms with Crippen molar-refractivity contribution in [3.63, 3.8) is 0 Å². The molecular formula is C15H17N5O4. The average molecular weight is 331 g/mol. The highest BCUT2D eigenvalue weighted by Gasteiger charge is 2.33. The standard InChI is InChI=1S/C15H17N5O4/c1-9-10(2)17-15(16-9)13-4-3-7-18(13)12-6-5-11(19(21)22)8-14(12)20(23)24/h5-6,8,13H,3-4,7H2,1-2H3,(H,16,17). The van der Waals surface area contributed by atoms with Crippen LogP contribution in [0.2, 0.25) is 0 Å². The van der Waals surface area contributed by atoms with E-state index in [-0.39, 0.29) is 17.4 Å². The van der Waals surface area contributed by atoms with Crippen LogP contribution in [0.5, 0.6) is 0 Å². The largest absolute Gasteiger partial charge is 0.356 e. The first kappa shape index (κ1) is 15.9. The maximum atomic E-state index is 11.4. The molecule has 2 aromatic rings. The van der Waals surface area contributed by atoms with Crippen LogP contribution in [0.25, 0.3) is 0 Å². The highest BCUT2D eigenvalue weighted by molar-refractivity contribution is 5.67. The molecule has 1 saturated heterocycles. The molecule has 126 valence electrons. The third kappa shape index (κ3) is 2.68. The Kier molecular flexibility index (Phi) is 3.92. The molecule has 1 N–H and O–H groups in total. The number of hydrogen-bond donors (Lipinski definition) is 1. The maximum absolute atomic E-state index is 11.4. The minimum absolute atomic E-state index is 0.0995. The number of non-ortho nitro benzene ring substituents is 1. The third-order valence-corrected chi connectivity index (χ3v) is 4.39. The number of aryl methyl sites for hydroxylation is 2. The summed E-state index contributed by atoms with van der Waals surface area (Å²) in [6.07, 6.45) is 1.69. The third-order valence-electron chi connectivity index (χ3n) is 4.39. The van der Waals surface area contributed by atoms with Gasteiger partial charge in [0.15, 0.2) is 0 Å². The first-order valence-electron chi connectivity index (χ1n) is 7.61. The average Bonchev–Trinajstić information content (AvgIpc) is 3.13. The van der Waals surface area contributed by atoms with Crippen LogP contribution in [-0.4, -0.2) is 26.4 Å². The minimum Gasteiger partial charge on any atom is -0.356 e. The van der Waals surface area contributed by atoms with Gasteiger partial charge in [-0.2, -0.15) is 0 Å². The van der Waals surface area contributed by atoms with Crippen LogP contribution in [0.3, 0.4) is 0 Å². The lowest BCUT2D eigenvalue weighted by Crippen LogP contribution is -2.24. The van der Waals surface area contributed by atoms with Gasteiger partial charge in [-0.3, -0.25) is 20.2 Å². The van der Waals surface area contributed by atoms with Crippen molar-refractivity contribution in [1.29, 1.82) is 0 Å². The highest BCUT2D eigenvalue weighted by Crippen LogP contribution is 2.41. The summed E-state index contributed by atoms with van der Waals surface area (Å²) in [4.78, 5) is 30.7. The zero-order valence-electron chi connectivity index (χ0n) is 13.4. The molecule has 0 aliphatic carbocycles. The van der Waals surface area contributed by atoms with E-state index < -0.39 is 9.85 Å². The number of H-pyrrole nitrogens is 1. The molecule has 0 radical (unpaired) electrons. The number of nitro groups is 2. The van der Waals surface area contributed by atoms with Gasteiger partial charge in [-0.05, 0) is 32.8 Å². The molecule has 24 heavy (non-hydrogen) atoms. The van der Waals surface area contributed by atoms with Crippen molar-refractivity contribution in [1.82, 2.24) is 9.97 Å². The first-order valence-corrected chi connectivity index (χ1v) is 7.61. The number of nitrogens with zero attached hydrogens (tertiary/aromatic N) is 4. The van der Waals surface area contributed by atoms with Crippen LogP contribution < -0.4 is 4.90 Å². The Hall–Kier alpha value is -2.97. The summed E-state index contributed by atoms with van der Waals surface area (Å²) < 4.78 is 0. The Balaban J connectivity index is 2.03. The number of aromatic nitrogens is 2. The molecule has 3 rings (SSSR count). The summed E-state index contributed by atoms with van der Waals surface area (Å²) in [6.45, 7) is 4.48. The summed E-state index contributed by atoms with van der Waals surface area (Å²) in [7, 11) is 0. The van der Waals surface area contributed by atoms with E-state index >= 15 is 0 Å². The molecule has 2 heterocycles. The molecule has 0 spiro atoms. The molecule has 1 atom stereocenters. The van der Waals surface area contributed by atoms with Crippen LogP contribution in [0.15, 0.2) is 18.2 Å². The van der Waals surface area contributed by atoms with Gasteiger partial charge in [0.25, 0.3) is 11.4 Å². The molecule has 1 aromatic carbocycles. The topological polar surface area (TPSA) is 118 Å². The zero-order chi connectivity index (χ0) is 17.4. The van der Waals surface area contributed by atoms with Crippen LogP contribution in [0.1, 0.15) is 36.1 Å². The monoisotopic (exact) mass is 331 g/mol.